The number of nitrogens with zero attached hydrogens (tertiary/aromatic N) is 4. The molecule has 3 fully saturated rings. The van der Waals surface area contributed by atoms with E-state index < -0.39 is 28.9 Å². The van der Waals surface area contributed by atoms with E-state index in [0.29, 0.717) is 60.9 Å². The summed E-state index contributed by atoms with van der Waals surface area (Å²) in [5.41, 5.74) is -0.997. The number of phenolic OH excluding ortho intramolecular Hbond substituents is 1. The van der Waals surface area contributed by atoms with Crippen LogP contribution in [-0.2, 0) is 0 Å². The molecule has 3 aromatic carbocycles. The maximum Gasteiger partial charge on any atom is 0.319 e. The number of hydrogen-bond acceptors (Lipinski definition) is 7. The van der Waals surface area contributed by atoms with E-state index in [1.807, 2.05) is 4.90 Å². The van der Waals surface area contributed by atoms with Crippen LogP contribution in [0.15, 0.2) is 36.4 Å². The maximum atomic E-state index is 16.7. The predicted octanol–water partition coefficient (Wildman–Crippen LogP) is 5.72. The number of alkyl halides is 1. The van der Waals surface area contributed by atoms with Crippen LogP contribution in [0.3, 0.4) is 0 Å². The van der Waals surface area contributed by atoms with Gasteiger partial charge in [0.1, 0.15) is 35.7 Å². The Morgan fingerprint density at radius 2 is 1.86 bits per heavy atom. The Labute approximate surface area is 253 Å². The third-order valence-electron chi connectivity index (χ3n) is 9.62. The second kappa shape index (κ2) is 10.5. The molecule has 228 valence electrons. The molecule has 0 saturated carbocycles. The first-order chi connectivity index (χ1) is 21.1. The lowest BCUT2D eigenvalue weighted by Gasteiger charge is -2.37. The van der Waals surface area contributed by atoms with E-state index in [4.69, 9.17) is 16.1 Å². The molecular formula is C34H33F3N4O3. The lowest BCUT2D eigenvalue weighted by molar-refractivity contribution is 0.0350. The highest BCUT2D eigenvalue weighted by atomic mass is 19.1. The van der Waals surface area contributed by atoms with Gasteiger partial charge >= 0.3 is 6.01 Å². The molecule has 0 aliphatic carbocycles. The number of hydrogen-bond donors (Lipinski definition) is 2. The Balaban J connectivity index is 1.37. The molecule has 2 N–H and O–H groups in total. The van der Waals surface area contributed by atoms with Crippen LogP contribution in [0.1, 0.15) is 44.6 Å². The molecule has 7 rings (SSSR count). The highest BCUT2D eigenvalue weighted by Gasteiger charge is 2.49. The Bertz CT molecular complexity index is 1830. The Morgan fingerprint density at radius 1 is 1.07 bits per heavy atom. The number of aliphatic hydroxyl groups is 1. The van der Waals surface area contributed by atoms with Gasteiger partial charge < -0.3 is 19.8 Å². The number of terminal acetylenes is 1. The fourth-order valence-corrected chi connectivity index (χ4v) is 7.27. The number of ether oxygens (including phenoxy) is 1. The van der Waals surface area contributed by atoms with Crippen LogP contribution in [0.5, 0.6) is 11.8 Å². The Hall–Kier alpha value is -4.07. The molecule has 0 bridgehead atoms. The number of benzene rings is 3. The fourth-order valence-electron chi connectivity index (χ4n) is 7.27. The molecule has 0 amide bonds. The molecule has 3 saturated heterocycles. The van der Waals surface area contributed by atoms with Gasteiger partial charge in [0, 0.05) is 42.4 Å². The second-order valence-electron chi connectivity index (χ2n) is 12.7. The molecule has 10 heteroatoms. The topological polar surface area (TPSA) is 82.0 Å². The number of aromatic hydroxyl groups is 1. The van der Waals surface area contributed by atoms with Crippen molar-refractivity contribution in [2.24, 2.45) is 0 Å². The standard InChI is InChI=1S/C34H33F3N4O3/c1-3-23-27(36)8-5-20-15-22(42)16-26(28(20)23)24-6-7-25-30(29(24)37)38-32(39-31(25)40-13-10-33(2,43)11-14-40)44-19-34-9-4-12-41(34)18-21(35)17-34/h1,5-8,15-16,21,42-43H,4,9-14,17-19H2,2H3. The molecule has 44 heavy (non-hydrogen) atoms. The van der Waals surface area contributed by atoms with Gasteiger partial charge in [0.2, 0.25) is 0 Å². The van der Waals surface area contributed by atoms with Crippen LogP contribution in [0.4, 0.5) is 19.0 Å². The van der Waals surface area contributed by atoms with Crippen LogP contribution in [0.2, 0.25) is 0 Å². The summed E-state index contributed by atoms with van der Waals surface area (Å²) < 4.78 is 52.1. The van der Waals surface area contributed by atoms with Gasteiger partial charge in [-0.2, -0.15) is 9.97 Å². The molecular weight excluding hydrogens is 569 g/mol. The zero-order valence-electron chi connectivity index (χ0n) is 24.4. The van der Waals surface area contributed by atoms with Crippen LogP contribution >= 0.6 is 0 Å². The summed E-state index contributed by atoms with van der Waals surface area (Å²) in [5, 5.41) is 22.3. The summed E-state index contributed by atoms with van der Waals surface area (Å²) in [6.45, 7) is 4.13. The normalized spacial score (nSPS) is 23.3. The van der Waals surface area contributed by atoms with Crippen molar-refractivity contribution in [3.8, 4) is 35.2 Å². The zero-order chi connectivity index (χ0) is 30.8. The third-order valence-corrected chi connectivity index (χ3v) is 9.62. The smallest absolute Gasteiger partial charge is 0.319 e. The Morgan fingerprint density at radius 3 is 2.64 bits per heavy atom. The molecule has 2 unspecified atom stereocenters. The lowest BCUT2D eigenvalue weighted by Crippen LogP contribution is -2.44. The first kappa shape index (κ1) is 28.7. The molecule has 3 aliphatic heterocycles. The number of piperidine rings is 1. The summed E-state index contributed by atoms with van der Waals surface area (Å²) in [6, 6.07) is 8.75. The van der Waals surface area contributed by atoms with Crippen molar-refractivity contribution in [3.63, 3.8) is 0 Å². The van der Waals surface area contributed by atoms with Crippen molar-refractivity contribution >= 4 is 27.5 Å². The molecule has 3 aliphatic rings. The molecule has 4 aromatic rings. The summed E-state index contributed by atoms with van der Waals surface area (Å²) in [5.74, 6) is 1.38. The van der Waals surface area contributed by atoms with E-state index in [-0.39, 0.29) is 40.6 Å². The van der Waals surface area contributed by atoms with Gasteiger partial charge in [-0.1, -0.05) is 18.1 Å². The first-order valence-electron chi connectivity index (χ1n) is 15.0. The molecule has 1 aromatic heterocycles. The first-order valence-corrected chi connectivity index (χ1v) is 15.0. The van der Waals surface area contributed by atoms with Crippen LogP contribution < -0.4 is 9.64 Å². The minimum absolute atomic E-state index is 0.00875. The van der Waals surface area contributed by atoms with Crippen molar-refractivity contribution in [2.75, 3.05) is 37.7 Å². The van der Waals surface area contributed by atoms with Gasteiger partial charge in [0.15, 0.2) is 5.82 Å². The van der Waals surface area contributed by atoms with Gasteiger partial charge in [0.25, 0.3) is 0 Å². The van der Waals surface area contributed by atoms with Crippen molar-refractivity contribution in [2.45, 2.75) is 56.3 Å². The van der Waals surface area contributed by atoms with Crippen LogP contribution in [0.25, 0.3) is 32.8 Å². The molecule has 0 radical (unpaired) electrons. The SMILES string of the molecule is C#Cc1c(F)ccc2cc(O)cc(-c3ccc4c(N5CCC(C)(O)CC5)nc(OCC56CCCN5CC(F)C6)nc4c3F)c12. The molecule has 7 nitrogen and oxygen atoms in total. The third kappa shape index (κ3) is 4.79. The van der Waals surface area contributed by atoms with E-state index in [1.54, 1.807) is 19.1 Å². The highest BCUT2D eigenvalue weighted by molar-refractivity contribution is 6.04. The minimum Gasteiger partial charge on any atom is -0.508 e. The second-order valence-corrected chi connectivity index (χ2v) is 12.7. The number of fused-ring (bicyclic) bond motifs is 3. The number of aromatic nitrogens is 2. The summed E-state index contributed by atoms with van der Waals surface area (Å²) in [4.78, 5) is 13.4. The number of anilines is 1. The van der Waals surface area contributed by atoms with Gasteiger partial charge in [-0.25, -0.2) is 13.2 Å². The number of rotatable bonds is 5. The average molecular weight is 603 g/mol. The van der Waals surface area contributed by atoms with E-state index in [0.717, 1.165) is 19.4 Å². The summed E-state index contributed by atoms with van der Waals surface area (Å²) >= 11 is 0. The van der Waals surface area contributed by atoms with Crippen molar-refractivity contribution in [1.29, 1.82) is 0 Å². The average Bonchev–Trinajstić information content (AvgIpc) is 3.51. The van der Waals surface area contributed by atoms with Gasteiger partial charge in [-0.3, -0.25) is 4.90 Å². The van der Waals surface area contributed by atoms with Gasteiger partial charge in [0.05, 0.1) is 16.7 Å². The van der Waals surface area contributed by atoms with Crippen molar-refractivity contribution < 1.29 is 28.1 Å². The number of halogens is 3. The fraction of sp³-hybridized carbons (Fsp3) is 0.412. The largest absolute Gasteiger partial charge is 0.508 e. The minimum atomic E-state index is -0.928. The van der Waals surface area contributed by atoms with E-state index in [1.165, 1.54) is 24.3 Å². The van der Waals surface area contributed by atoms with E-state index >= 15 is 4.39 Å². The molecule has 0 spiro atoms. The van der Waals surface area contributed by atoms with Crippen LogP contribution in [0, 0.1) is 24.0 Å². The van der Waals surface area contributed by atoms with E-state index in [2.05, 4.69) is 15.8 Å². The number of phenols is 1. The van der Waals surface area contributed by atoms with Gasteiger partial charge in [-0.05, 0) is 74.4 Å². The summed E-state index contributed by atoms with van der Waals surface area (Å²) in [6.07, 6.45) is 7.85. The highest BCUT2D eigenvalue weighted by Crippen LogP contribution is 2.42. The Kier molecular flexibility index (Phi) is 6.87. The molecule has 2 atom stereocenters. The zero-order valence-corrected chi connectivity index (χ0v) is 24.4. The lowest BCUT2D eigenvalue weighted by atomic mass is 9.92. The van der Waals surface area contributed by atoms with E-state index in [9.17, 15) is 19.0 Å². The van der Waals surface area contributed by atoms with Crippen molar-refractivity contribution in [1.82, 2.24) is 14.9 Å². The maximum absolute atomic E-state index is 16.7. The predicted molar refractivity (Wildman–Crippen MR) is 163 cm³/mol. The van der Waals surface area contributed by atoms with Crippen molar-refractivity contribution in [3.05, 3.63) is 53.6 Å². The van der Waals surface area contributed by atoms with Gasteiger partial charge in [-0.15, -0.1) is 6.42 Å². The van der Waals surface area contributed by atoms with Crippen LogP contribution in [-0.4, -0.2) is 75.2 Å². The summed E-state index contributed by atoms with van der Waals surface area (Å²) in [7, 11) is 0. The monoisotopic (exact) mass is 602 g/mol. The molecule has 4 heterocycles. The quantitative estimate of drug-likeness (QED) is 0.283.